The second-order valence-electron chi connectivity index (χ2n) is 5.90. The van der Waals surface area contributed by atoms with Gasteiger partial charge in [-0.3, -0.25) is 10.1 Å². The minimum absolute atomic E-state index is 0.0479. The number of carbonyl (C=O) groups is 2. The summed E-state index contributed by atoms with van der Waals surface area (Å²) in [5, 5.41) is 5.38. The minimum Gasteiger partial charge on any atom is -0.465 e. The molecule has 0 aliphatic rings. The first-order valence-corrected chi connectivity index (χ1v) is 10.6. The van der Waals surface area contributed by atoms with Gasteiger partial charge in [-0.05, 0) is 67.2 Å². The summed E-state index contributed by atoms with van der Waals surface area (Å²) in [4.78, 5) is 23.8. The Bertz CT molecular complexity index is 988. The molecule has 2 aromatic carbocycles. The molecule has 0 radical (unpaired) electrons. The molecule has 0 aromatic heterocycles. The molecule has 10 heteroatoms. The van der Waals surface area contributed by atoms with Crippen LogP contribution in [0.5, 0.6) is 0 Å². The van der Waals surface area contributed by atoms with Crippen molar-refractivity contribution in [1.82, 2.24) is 10.0 Å². The number of thiocarbonyl (C=S) groups is 1. The van der Waals surface area contributed by atoms with Crippen LogP contribution >= 0.6 is 12.2 Å². The number of sulfonamides is 1. The van der Waals surface area contributed by atoms with E-state index in [9.17, 15) is 18.0 Å². The number of esters is 1. The molecular weight excluding hydrogens is 414 g/mol. The average Bonchev–Trinajstić information content (AvgIpc) is 2.72. The van der Waals surface area contributed by atoms with Gasteiger partial charge in [-0.15, -0.1) is 0 Å². The van der Waals surface area contributed by atoms with Gasteiger partial charge < -0.3 is 10.1 Å². The molecule has 0 bridgehead atoms. The van der Waals surface area contributed by atoms with E-state index in [4.69, 9.17) is 12.2 Å². The van der Waals surface area contributed by atoms with E-state index in [2.05, 4.69) is 20.1 Å². The maximum atomic E-state index is 12.2. The van der Waals surface area contributed by atoms with Crippen LogP contribution in [-0.2, 0) is 14.8 Å². The number of nitrogens with one attached hydrogen (secondary N) is 3. The smallest absolute Gasteiger partial charge is 0.337 e. The molecule has 29 heavy (non-hydrogen) atoms. The Morgan fingerprint density at radius 2 is 1.59 bits per heavy atom. The number of hydrogen-bond donors (Lipinski definition) is 3. The lowest BCUT2D eigenvalue weighted by Crippen LogP contribution is -2.34. The van der Waals surface area contributed by atoms with Gasteiger partial charge in [-0.1, -0.05) is 6.92 Å². The van der Waals surface area contributed by atoms with Crippen molar-refractivity contribution in [3.63, 3.8) is 0 Å². The molecule has 8 nitrogen and oxygen atoms in total. The summed E-state index contributed by atoms with van der Waals surface area (Å²) < 4.78 is 31.2. The van der Waals surface area contributed by atoms with E-state index in [-0.39, 0.29) is 10.0 Å². The van der Waals surface area contributed by atoms with Crippen LogP contribution in [0.2, 0.25) is 0 Å². The molecule has 0 fully saturated rings. The van der Waals surface area contributed by atoms with E-state index >= 15 is 0 Å². The summed E-state index contributed by atoms with van der Waals surface area (Å²) in [5.74, 6) is -0.952. The Morgan fingerprint density at radius 1 is 1.00 bits per heavy atom. The van der Waals surface area contributed by atoms with E-state index in [0.717, 1.165) is 0 Å². The highest BCUT2D eigenvalue weighted by Crippen LogP contribution is 2.14. The Kier molecular flexibility index (Phi) is 7.82. The highest BCUT2D eigenvalue weighted by molar-refractivity contribution is 7.89. The zero-order valence-corrected chi connectivity index (χ0v) is 17.5. The predicted molar refractivity (Wildman–Crippen MR) is 113 cm³/mol. The maximum absolute atomic E-state index is 12.2. The molecule has 0 aliphatic carbocycles. The van der Waals surface area contributed by atoms with E-state index in [0.29, 0.717) is 29.8 Å². The number of rotatable bonds is 7. The SMILES string of the molecule is CCCNS(=O)(=O)c1ccc(NC(=S)NC(=O)c2ccc(C(=O)OC)cc2)cc1. The summed E-state index contributed by atoms with van der Waals surface area (Å²) in [6.45, 7) is 2.23. The van der Waals surface area contributed by atoms with Crippen LogP contribution in [0.1, 0.15) is 34.1 Å². The highest BCUT2D eigenvalue weighted by Gasteiger charge is 2.13. The van der Waals surface area contributed by atoms with Gasteiger partial charge in [0.05, 0.1) is 17.6 Å². The number of carbonyl (C=O) groups excluding carboxylic acids is 2. The molecule has 0 saturated heterocycles. The second kappa shape index (κ2) is 10.1. The average molecular weight is 436 g/mol. The molecule has 0 aliphatic heterocycles. The quantitative estimate of drug-likeness (QED) is 0.452. The molecule has 0 atom stereocenters. The fourth-order valence-electron chi connectivity index (χ4n) is 2.25. The van der Waals surface area contributed by atoms with Gasteiger partial charge in [0.15, 0.2) is 5.11 Å². The van der Waals surface area contributed by atoms with Gasteiger partial charge >= 0.3 is 5.97 Å². The lowest BCUT2D eigenvalue weighted by atomic mass is 10.1. The highest BCUT2D eigenvalue weighted by atomic mass is 32.2. The van der Waals surface area contributed by atoms with E-state index in [1.165, 1.54) is 43.5 Å². The van der Waals surface area contributed by atoms with Crippen LogP contribution in [0.3, 0.4) is 0 Å². The van der Waals surface area contributed by atoms with Gasteiger partial charge in [0.25, 0.3) is 5.91 Å². The standard InChI is InChI=1S/C19H21N3O5S2/c1-3-12-20-29(25,26)16-10-8-15(9-11-16)21-19(28)22-17(23)13-4-6-14(7-5-13)18(24)27-2/h4-11,20H,3,12H2,1-2H3,(H2,21,22,23,28). The number of methoxy groups -OCH3 is 1. The molecule has 3 N–H and O–H groups in total. The number of hydrogen-bond acceptors (Lipinski definition) is 6. The minimum atomic E-state index is -3.55. The van der Waals surface area contributed by atoms with Crippen molar-refractivity contribution in [3.8, 4) is 0 Å². The Morgan fingerprint density at radius 3 is 2.14 bits per heavy atom. The predicted octanol–water partition coefficient (Wildman–Crippen LogP) is 2.29. The molecule has 154 valence electrons. The van der Waals surface area contributed by atoms with Gasteiger partial charge in [0, 0.05) is 17.8 Å². The van der Waals surface area contributed by atoms with Crippen molar-refractivity contribution < 1.29 is 22.7 Å². The third kappa shape index (κ3) is 6.34. The fraction of sp³-hybridized carbons (Fsp3) is 0.211. The van der Waals surface area contributed by atoms with Crippen molar-refractivity contribution in [2.75, 3.05) is 19.0 Å². The number of ether oxygens (including phenoxy) is 1. The van der Waals surface area contributed by atoms with Gasteiger partial charge in [-0.2, -0.15) is 0 Å². The third-order valence-electron chi connectivity index (χ3n) is 3.76. The summed E-state index contributed by atoms with van der Waals surface area (Å²) in [6, 6.07) is 11.9. The fourth-order valence-corrected chi connectivity index (χ4v) is 3.59. The molecule has 2 rings (SSSR count). The van der Waals surface area contributed by atoms with Crippen molar-refractivity contribution in [2.45, 2.75) is 18.2 Å². The van der Waals surface area contributed by atoms with Crippen molar-refractivity contribution in [3.05, 3.63) is 59.7 Å². The van der Waals surface area contributed by atoms with Crippen LogP contribution in [0, 0.1) is 0 Å². The van der Waals surface area contributed by atoms with Crippen molar-refractivity contribution in [2.24, 2.45) is 0 Å². The Labute approximate surface area is 174 Å². The van der Waals surface area contributed by atoms with E-state index in [1.54, 1.807) is 12.1 Å². The van der Waals surface area contributed by atoms with Gasteiger partial charge in [0.2, 0.25) is 10.0 Å². The zero-order valence-electron chi connectivity index (χ0n) is 15.9. The number of anilines is 1. The first kappa shape index (κ1) is 22.5. The Balaban J connectivity index is 1.96. The maximum Gasteiger partial charge on any atom is 0.337 e. The van der Waals surface area contributed by atoms with Crippen molar-refractivity contribution in [1.29, 1.82) is 0 Å². The summed E-state index contributed by atoms with van der Waals surface area (Å²) >= 11 is 5.11. The number of benzene rings is 2. The topological polar surface area (TPSA) is 114 Å². The lowest BCUT2D eigenvalue weighted by molar-refractivity contribution is 0.0600. The molecule has 0 heterocycles. The number of amides is 1. The van der Waals surface area contributed by atoms with Crippen LogP contribution in [-0.4, -0.2) is 39.1 Å². The van der Waals surface area contributed by atoms with Crippen LogP contribution in [0.4, 0.5) is 5.69 Å². The van der Waals surface area contributed by atoms with E-state index in [1.807, 2.05) is 6.92 Å². The monoisotopic (exact) mass is 435 g/mol. The molecule has 2 aromatic rings. The van der Waals surface area contributed by atoms with Gasteiger partial charge in [-0.25, -0.2) is 17.9 Å². The molecular formula is C19H21N3O5S2. The molecule has 0 spiro atoms. The summed E-state index contributed by atoms with van der Waals surface area (Å²) in [7, 11) is -2.27. The largest absolute Gasteiger partial charge is 0.465 e. The summed E-state index contributed by atoms with van der Waals surface area (Å²) in [5.41, 5.74) is 1.16. The normalized spacial score (nSPS) is 10.8. The molecule has 0 saturated carbocycles. The third-order valence-corrected chi connectivity index (χ3v) is 5.44. The molecule has 0 unspecified atom stereocenters. The van der Waals surface area contributed by atoms with Crippen LogP contribution < -0.4 is 15.4 Å². The lowest BCUT2D eigenvalue weighted by Gasteiger charge is -2.11. The first-order chi connectivity index (χ1) is 13.8. The Hall–Kier alpha value is -2.82. The summed E-state index contributed by atoms with van der Waals surface area (Å²) in [6.07, 6.45) is 0.693. The first-order valence-electron chi connectivity index (χ1n) is 8.67. The van der Waals surface area contributed by atoms with Crippen LogP contribution in [0.15, 0.2) is 53.4 Å². The van der Waals surface area contributed by atoms with Crippen molar-refractivity contribution >= 4 is 44.9 Å². The molecule has 1 amide bonds. The van der Waals surface area contributed by atoms with Gasteiger partial charge in [0.1, 0.15) is 0 Å². The zero-order chi connectivity index (χ0) is 21.4. The van der Waals surface area contributed by atoms with Crippen LogP contribution in [0.25, 0.3) is 0 Å². The second-order valence-corrected chi connectivity index (χ2v) is 8.07. The van der Waals surface area contributed by atoms with E-state index < -0.39 is 21.9 Å².